The van der Waals surface area contributed by atoms with Crippen LogP contribution in [-0.4, -0.2) is 34.1 Å². The molecule has 1 fully saturated rings. The molecule has 0 aliphatic carbocycles. The Labute approximate surface area is 152 Å². The van der Waals surface area contributed by atoms with E-state index < -0.39 is 0 Å². The van der Waals surface area contributed by atoms with Gasteiger partial charge < -0.3 is 10.2 Å². The number of rotatable bonds is 4. The number of hydrogen-bond donors (Lipinski definition) is 1. The molecule has 1 N–H and O–H groups in total. The summed E-state index contributed by atoms with van der Waals surface area (Å²) >= 11 is 1.78. The third-order valence-corrected chi connectivity index (χ3v) is 5.82. The summed E-state index contributed by atoms with van der Waals surface area (Å²) in [6.45, 7) is 6.21. The van der Waals surface area contributed by atoms with E-state index in [1.807, 2.05) is 12.3 Å². The molecule has 0 spiro atoms. The molecule has 4 rings (SSSR count). The van der Waals surface area contributed by atoms with Crippen LogP contribution in [0.5, 0.6) is 0 Å². The number of fused-ring (bicyclic) bond motifs is 1. The monoisotopic (exact) mass is 353 g/mol. The SMILES string of the molecule is CCc1nc(NC2CCCN(c3nc4ccccc4s3)C2)ncc1C. The van der Waals surface area contributed by atoms with E-state index in [0.717, 1.165) is 60.2 Å². The third-order valence-electron chi connectivity index (χ3n) is 4.72. The molecule has 3 heterocycles. The minimum absolute atomic E-state index is 0.355. The van der Waals surface area contributed by atoms with Gasteiger partial charge in [-0.3, -0.25) is 0 Å². The minimum atomic E-state index is 0.355. The highest BCUT2D eigenvalue weighted by molar-refractivity contribution is 7.22. The van der Waals surface area contributed by atoms with E-state index in [1.54, 1.807) is 11.3 Å². The molecular formula is C19H23N5S. The number of hydrogen-bond acceptors (Lipinski definition) is 6. The van der Waals surface area contributed by atoms with Crippen LogP contribution in [0.2, 0.25) is 0 Å². The Morgan fingerprint density at radius 1 is 1.28 bits per heavy atom. The van der Waals surface area contributed by atoms with Crippen LogP contribution in [0.4, 0.5) is 11.1 Å². The topological polar surface area (TPSA) is 53.9 Å². The number of piperidine rings is 1. The molecule has 0 bridgehead atoms. The van der Waals surface area contributed by atoms with Crippen LogP contribution in [0.25, 0.3) is 10.2 Å². The predicted octanol–water partition coefficient (Wildman–Crippen LogP) is 4.04. The van der Waals surface area contributed by atoms with Crippen LogP contribution in [0.3, 0.4) is 0 Å². The Hall–Kier alpha value is -2.21. The zero-order valence-electron chi connectivity index (χ0n) is 14.7. The molecule has 1 aromatic carbocycles. The van der Waals surface area contributed by atoms with E-state index in [2.05, 4.69) is 52.2 Å². The van der Waals surface area contributed by atoms with Crippen molar-refractivity contribution >= 4 is 32.6 Å². The van der Waals surface area contributed by atoms with Gasteiger partial charge >= 0.3 is 0 Å². The van der Waals surface area contributed by atoms with E-state index >= 15 is 0 Å². The fourth-order valence-corrected chi connectivity index (χ4v) is 4.35. The number of aryl methyl sites for hydroxylation is 2. The third kappa shape index (κ3) is 3.44. The summed E-state index contributed by atoms with van der Waals surface area (Å²) in [6, 6.07) is 8.70. The standard InChI is InChI=1S/C19H23N5S/c1-3-15-13(2)11-20-18(22-15)21-14-7-6-10-24(12-14)19-23-16-8-4-5-9-17(16)25-19/h4-5,8-9,11,14H,3,6-7,10,12H2,1-2H3,(H,20,21,22). The quantitative estimate of drug-likeness (QED) is 0.767. The summed E-state index contributed by atoms with van der Waals surface area (Å²) in [5, 5.41) is 4.65. The maximum Gasteiger partial charge on any atom is 0.223 e. The van der Waals surface area contributed by atoms with Gasteiger partial charge in [-0.05, 0) is 43.9 Å². The molecule has 6 heteroatoms. The fraction of sp³-hybridized carbons (Fsp3) is 0.421. The fourth-order valence-electron chi connectivity index (χ4n) is 3.35. The number of para-hydroxylation sites is 1. The average molecular weight is 353 g/mol. The van der Waals surface area contributed by atoms with Gasteiger partial charge in [-0.2, -0.15) is 0 Å². The average Bonchev–Trinajstić information content (AvgIpc) is 3.08. The zero-order chi connectivity index (χ0) is 17.2. The van der Waals surface area contributed by atoms with Crippen molar-refractivity contribution in [3.8, 4) is 0 Å². The van der Waals surface area contributed by atoms with Crippen molar-refractivity contribution in [3.05, 3.63) is 41.7 Å². The van der Waals surface area contributed by atoms with Crippen molar-refractivity contribution in [1.82, 2.24) is 15.0 Å². The Morgan fingerprint density at radius 3 is 3.00 bits per heavy atom. The normalized spacial score (nSPS) is 17.8. The zero-order valence-corrected chi connectivity index (χ0v) is 15.5. The number of thiazole rings is 1. The second-order valence-corrected chi connectivity index (χ2v) is 7.58. The van der Waals surface area contributed by atoms with Crippen molar-refractivity contribution in [1.29, 1.82) is 0 Å². The molecule has 2 aromatic heterocycles. The van der Waals surface area contributed by atoms with Gasteiger partial charge in [0.05, 0.1) is 10.2 Å². The first kappa shape index (κ1) is 16.3. The highest BCUT2D eigenvalue weighted by Crippen LogP contribution is 2.30. The Morgan fingerprint density at radius 2 is 2.16 bits per heavy atom. The van der Waals surface area contributed by atoms with Crippen molar-refractivity contribution in [2.75, 3.05) is 23.3 Å². The largest absolute Gasteiger partial charge is 0.350 e. The molecule has 25 heavy (non-hydrogen) atoms. The van der Waals surface area contributed by atoms with E-state index in [9.17, 15) is 0 Å². The molecule has 5 nitrogen and oxygen atoms in total. The van der Waals surface area contributed by atoms with Crippen LogP contribution < -0.4 is 10.2 Å². The number of nitrogens with zero attached hydrogens (tertiary/aromatic N) is 4. The Bertz CT molecular complexity index is 842. The maximum atomic E-state index is 4.80. The molecule has 1 saturated heterocycles. The lowest BCUT2D eigenvalue weighted by Gasteiger charge is -2.33. The van der Waals surface area contributed by atoms with E-state index in [1.165, 1.54) is 4.70 Å². The number of nitrogens with one attached hydrogen (secondary N) is 1. The van der Waals surface area contributed by atoms with Crippen LogP contribution in [0.1, 0.15) is 31.0 Å². The Balaban J connectivity index is 1.49. The van der Waals surface area contributed by atoms with Crippen LogP contribution >= 0.6 is 11.3 Å². The molecule has 1 unspecified atom stereocenters. The molecule has 1 aliphatic heterocycles. The summed E-state index contributed by atoms with van der Waals surface area (Å²) in [6.07, 6.45) is 5.15. The van der Waals surface area contributed by atoms with E-state index in [0.29, 0.717) is 6.04 Å². The van der Waals surface area contributed by atoms with Gasteiger partial charge in [-0.15, -0.1) is 0 Å². The van der Waals surface area contributed by atoms with Crippen LogP contribution in [-0.2, 0) is 6.42 Å². The molecular weight excluding hydrogens is 330 g/mol. The smallest absolute Gasteiger partial charge is 0.223 e. The molecule has 1 aliphatic rings. The summed E-state index contributed by atoms with van der Waals surface area (Å²) in [4.78, 5) is 16.3. The minimum Gasteiger partial charge on any atom is -0.350 e. The molecule has 3 aromatic rings. The lowest BCUT2D eigenvalue weighted by atomic mass is 10.1. The number of aromatic nitrogens is 3. The van der Waals surface area contributed by atoms with Gasteiger partial charge in [0.25, 0.3) is 0 Å². The lowest BCUT2D eigenvalue weighted by molar-refractivity contribution is 0.527. The van der Waals surface area contributed by atoms with Crippen molar-refractivity contribution in [2.45, 2.75) is 39.2 Å². The van der Waals surface area contributed by atoms with Crippen LogP contribution in [0, 0.1) is 6.92 Å². The predicted molar refractivity (Wildman–Crippen MR) is 105 cm³/mol. The second kappa shape index (κ2) is 6.96. The summed E-state index contributed by atoms with van der Waals surface area (Å²) in [7, 11) is 0. The summed E-state index contributed by atoms with van der Waals surface area (Å²) in [5.74, 6) is 0.749. The summed E-state index contributed by atoms with van der Waals surface area (Å²) < 4.78 is 1.25. The van der Waals surface area contributed by atoms with Crippen molar-refractivity contribution in [2.24, 2.45) is 0 Å². The van der Waals surface area contributed by atoms with E-state index in [4.69, 9.17) is 4.98 Å². The number of benzene rings is 1. The molecule has 130 valence electrons. The highest BCUT2D eigenvalue weighted by Gasteiger charge is 2.23. The molecule has 1 atom stereocenters. The van der Waals surface area contributed by atoms with Crippen LogP contribution in [0.15, 0.2) is 30.5 Å². The first-order valence-electron chi connectivity index (χ1n) is 8.92. The first-order chi connectivity index (χ1) is 12.2. The molecule has 0 saturated carbocycles. The van der Waals surface area contributed by atoms with Gasteiger partial charge in [0, 0.05) is 31.0 Å². The maximum absolute atomic E-state index is 4.80. The van der Waals surface area contributed by atoms with Crippen molar-refractivity contribution < 1.29 is 0 Å². The Kier molecular flexibility index (Phi) is 4.53. The van der Waals surface area contributed by atoms with Crippen molar-refractivity contribution in [3.63, 3.8) is 0 Å². The van der Waals surface area contributed by atoms with Gasteiger partial charge in [0.2, 0.25) is 5.95 Å². The van der Waals surface area contributed by atoms with Gasteiger partial charge in [0.1, 0.15) is 0 Å². The molecule has 0 radical (unpaired) electrons. The highest BCUT2D eigenvalue weighted by atomic mass is 32.1. The first-order valence-corrected chi connectivity index (χ1v) is 9.74. The summed E-state index contributed by atoms with van der Waals surface area (Å²) in [5.41, 5.74) is 3.37. The van der Waals surface area contributed by atoms with Gasteiger partial charge in [0.15, 0.2) is 5.13 Å². The lowest BCUT2D eigenvalue weighted by Crippen LogP contribution is -2.42. The van der Waals surface area contributed by atoms with E-state index in [-0.39, 0.29) is 0 Å². The second-order valence-electron chi connectivity index (χ2n) is 6.57. The van der Waals surface area contributed by atoms with Gasteiger partial charge in [-0.25, -0.2) is 15.0 Å². The number of anilines is 2. The van der Waals surface area contributed by atoms with Gasteiger partial charge in [-0.1, -0.05) is 30.4 Å². The molecule has 0 amide bonds.